The Morgan fingerprint density at radius 3 is 2.23 bits per heavy atom. The second-order valence-corrected chi connectivity index (χ2v) is 2.92. The molecular weight excluding hydrogens is 176 g/mol. The van der Waals surface area contributed by atoms with Crippen molar-refractivity contribution in [1.82, 2.24) is 0 Å². The topological polar surface area (TPSA) is 57.2 Å². The molecule has 13 heavy (non-hydrogen) atoms. The van der Waals surface area contributed by atoms with Gasteiger partial charge >= 0.3 is 0 Å². The van der Waals surface area contributed by atoms with Gasteiger partial charge in [0.25, 0.3) is 0 Å². The predicted molar refractivity (Wildman–Crippen MR) is 44.3 cm³/mol. The lowest BCUT2D eigenvalue weighted by molar-refractivity contribution is -0.141. The minimum Gasteiger partial charge on any atom is -0.382 e. The molecule has 1 N–H and O–H groups in total. The van der Waals surface area contributed by atoms with Crippen molar-refractivity contribution in [3.8, 4) is 0 Å². The molecule has 1 fully saturated rings. The first-order chi connectivity index (χ1) is 6.24. The van der Waals surface area contributed by atoms with Crippen LogP contribution < -0.4 is 0 Å². The van der Waals surface area contributed by atoms with Crippen LogP contribution in [-0.4, -0.2) is 57.6 Å². The molecule has 0 aromatic carbocycles. The summed E-state index contributed by atoms with van der Waals surface area (Å²) in [6.45, 7) is 0.384. The van der Waals surface area contributed by atoms with Gasteiger partial charge in [0.2, 0.25) is 0 Å². The molecular formula is C8H16O5. The first kappa shape index (κ1) is 10.9. The standard InChI is InChI=1S/C8H16O5/c1-10-4-5-6(11-2)7(12-3)8(9)13-5/h5-9H,4H2,1-3H3/t5-,6+,7-,8-/m1/s1. The van der Waals surface area contributed by atoms with Crippen molar-refractivity contribution >= 4 is 0 Å². The van der Waals surface area contributed by atoms with Gasteiger partial charge in [0.15, 0.2) is 6.29 Å². The second-order valence-electron chi connectivity index (χ2n) is 2.92. The molecule has 1 rings (SSSR count). The smallest absolute Gasteiger partial charge is 0.184 e. The molecule has 78 valence electrons. The highest BCUT2D eigenvalue weighted by molar-refractivity contribution is 4.88. The quantitative estimate of drug-likeness (QED) is 0.643. The fourth-order valence-electron chi connectivity index (χ4n) is 1.54. The molecule has 1 saturated heterocycles. The van der Waals surface area contributed by atoms with Crippen LogP contribution in [0.3, 0.4) is 0 Å². The van der Waals surface area contributed by atoms with E-state index in [-0.39, 0.29) is 12.2 Å². The van der Waals surface area contributed by atoms with Crippen LogP contribution in [0.4, 0.5) is 0 Å². The van der Waals surface area contributed by atoms with Crippen LogP contribution in [0, 0.1) is 0 Å². The summed E-state index contributed by atoms with van der Waals surface area (Å²) in [7, 11) is 4.64. The van der Waals surface area contributed by atoms with Gasteiger partial charge in [-0.15, -0.1) is 0 Å². The zero-order chi connectivity index (χ0) is 9.84. The van der Waals surface area contributed by atoms with Gasteiger partial charge in [0.05, 0.1) is 6.61 Å². The molecule has 0 radical (unpaired) electrons. The summed E-state index contributed by atoms with van der Waals surface area (Å²) in [5, 5.41) is 9.40. The molecule has 0 saturated carbocycles. The Hall–Kier alpha value is -0.200. The van der Waals surface area contributed by atoms with Crippen LogP contribution in [0.1, 0.15) is 0 Å². The third-order valence-electron chi connectivity index (χ3n) is 2.16. The van der Waals surface area contributed by atoms with Gasteiger partial charge in [-0.25, -0.2) is 0 Å². The molecule has 0 unspecified atom stereocenters. The van der Waals surface area contributed by atoms with E-state index in [0.29, 0.717) is 6.61 Å². The van der Waals surface area contributed by atoms with Gasteiger partial charge < -0.3 is 24.1 Å². The average molecular weight is 192 g/mol. The zero-order valence-corrected chi connectivity index (χ0v) is 8.10. The fraction of sp³-hybridized carbons (Fsp3) is 1.00. The van der Waals surface area contributed by atoms with Gasteiger partial charge in [0.1, 0.15) is 18.3 Å². The van der Waals surface area contributed by atoms with Gasteiger partial charge in [0, 0.05) is 21.3 Å². The molecule has 1 aliphatic heterocycles. The first-order valence-corrected chi connectivity index (χ1v) is 4.12. The van der Waals surface area contributed by atoms with E-state index in [1.807, 2.05) is 0 Å². The van der Waals surface area contributed by atoms with Gasteiger partial charge in [-0.3, -0.25) is 0 Å². The SMILES string of the molecule is COC[C@H]1O[C@@H](O)[C@H](OC)[C@H]1OC. The van der Waals surface area contributed by atoms with Crippen molar-refractivity contribution in [2.45, 2.75) is 24.6 Å². The normalized spacial score (nSPS) is 39.7. The molecule has 0 spiro atoms. The highest BCUT2D eigenvalue weighted by Crippen LogP contribution is 2.24. The number of hydrogen-bond acceptors (Lipinski definition) is 5. The van der Waals surface area contributed by atoms with Crippen LogP contribution >= 0.6 is 0 Å². The number of ether oxygens (including phenoxy) is 4. The third kappa shape index (κ3) is 2.18. The molecule has 0 aromatic heterocycles. The Labute approximate surface area is 77.5 Å². The van der Waals surface area contributed by atoms with Crippen LogP contribution in [0.5, 0.6) is 0 Å². The van der Waals surface area contributed by atoms with Crippen LogP contribution in [-0.2, 0) is 18.9 Å². The van der Waals surface area contributed by atoms with E-state index >= 15 is 0 Å². The van der Waals surface area contributed by atoms with Gasteiger partial charge in [-0.05, 0) is 0 Å². The summed E-state index contributed by atoms with van der Waals surface area (Å²) in [5.74, 6) is 0. The van der Waals surface area contributed by atoms with E-state index in [1.165, 1.54) is 7.11 Å². The zero-order valence-electron chi connectivity index (χ0n) is 8.10. The molecule has 5 heteroatoms. The maximum absolute atomic E-state index is 9.40. The van der Waals surface area contributed by atoms with E-state index in [4.69, 9.17) is 18.9 Å². The van der Waals surface area contributed by atoms with Crippen molar-refractivity contribution in [2.75, 3.05) is 27.9 Å². The number of rotatable bonds is 4. The fourth-order valence-corrected chi connectivity index (χ4v) is 1.54. The van der Waals surface area contributed by atoms with E-state index in [9.17, 15) is 5.11 Å². The summed E-state index contributed by atoms with van der Waals surface area (Å²) in [6.07, 6.45) is -1.92. The Morgan fingerprint density at radius 2 is 1.77 bits per heavy atom. The lowest BCUT2D eigenvalue weighted by Gasteiger charge is -2.19. The van der Waals surface area contributed by atoms with Gasteiger partial charge in [-0.1, -0.05) is 0 Å². The first-order valence-electron chi connectivity index (χ1n) is 4.12. The molecule has 0 aromatic rings. The minimum absolute atomic E-state index is 0.269. The lowest BCUT2D eigenvalue weighted by Crippen LogP contribution is -2.37. The Kier molecular flexibility index (Phi) is 4.08. The van der Waals surface area contributed by atoms with E-state index < -0.39 is 12.4 Å². The number of hydrogen-bond donors (Lipinski definition) is 1. The van der Waals surface area contributed by atoms with E-state index in [1.54, 1.807) is 14.2 Å². The predicted octanol–water partition coefficient (Wildman–Crippen LogP) is -0.620. The highest BCUT2D eigenvalue weighted by atomic mass is 16.7. The molecule has 0 bridgehead atoms. The molecule has 1 aliphatic rings. The van der Waals surface area contributed by atoms with Crippen molar-refractivity contribution < 1.29 is 24.1 Å². The van der Waals surface area contributed by atoms with Gasteiger partial charge in [-0.2, -0.15) is 0 Å². The number of aliphatic hydroxyl groups is 1. The van der Waals surface area contributed by atoms with Crippen LogP contribution in [0.2, 0.25) is 0 Å². The Bertz CT molecular complexity index is 151. The highest BCUT2D eigenvalue weighted by Gasteiger charge is 2.44. The van der Waals surface area contributed by atoms with Crippen molar-refractivity contribution in [2.24, 2.45) is 0 Å². The Morgan fingerprint density at radius 1 is 1.15 bits per heavy atom. The average Bonchev–Trinajstić information content (AvgIpc) is 2.41. The van der Waals surface area contributed by atoms with Crippen molar-refractivity contribution in [3.05, 3.63) is 0 Å². The monoisotopic (exact) mass is 192 g/mol. The second kappa shape index (κ2) is 4.88. The largest absolute Gasteiger partial charge is 0.382 e. The third-order valence-corrected chi connectivity index (χ3v) is 2.16. The maximum Gasteiger partial charge on any atom is 0.184 e. The summed E-state index contributed by atoms with van der Waals surface area (Å²) in [4.78, 5) is 0. The molecule has 1 heterocycles. The Balaban J connectivity index is 2.57. The van der Waals surface area contributed by atoms with E-state index in [0.717, 1.165) is 0 Å². The van der Waals surface area contributed by atoms with Crippen LogP contribution in [0.25, 0.3) is 0 Å². The van der Waals surface area contributed by atoms with Crippen molar-refractivity contribution in [1.29, 1.82) is 0 Å². The number of methoxy groups -OCH3 is 3. The van der Waals surface area contributed by atoms with Crippen molar-refractivity contribution in [3.63, 3.8) is 0 Å². The maximum atomic E-state index is 9.40. The summed E-state index contributed by atoms with van der Waals surface area (Å²) >= 11 is 0. The summed E-state index contributed by atoms with van der Waals surface area (Å²) in [5.41, 5.74) is 0. The summed E-state index contributed by atoms with van der Waals surface area (Å²) in [6, 6.07) is 0. The van der Waals surface area contributed by atoms with Crippen LogP contribution in [0.15, 0.2) is 0 Å². The molecule has 4 atom stereocenters. The van der Waals surface area contributed by atoms with E-state index in [2.05, 4.69) is 0 Å². The lowest BCUT2D eigenvalue weighted by atomic mass is 10.1. The molecule has 0 amide bonds. The summed E-state index contributed by atoms with van der Waals surface area (Å²) < 4.78 is 20.3. The minimum atomic E-state index is -0.935. The molecule has 5 nitrogen and oxygen atoms in total. The molecule has 0 aliphatic carbocycles. The number of aliphatic hydroxyl groups excluding tert-OH is 1.